The standard InChI is InChI=1S/C23H21ClF3N7O3S/c1-13-10-14-5-7-30-33(14)19(22(36)29-8-9-38-2)18(13)31-21(35)16-11-17(37-12-23(25,26)27)32-34(16)20-15(24)4-3-6-28-20/h3-7,10-11H,8-9,12H2,1-2H3,(H,29,36)(H,31,35). The Morgan fingerprint density at radius 3 is 2.68 bits per heavy atom. The van der Waals surface area contributed by atoms with Gasteiger partial charge < -0.3 is 15.4 Å². The number of aromatic nitrogens is 5. The minimum atomic E-state index is -4.62. The molecule has 0 fully saturated rings. The third-order valence-electron chi connectivity index (χ3n) is 5.17. The van der Waals surface area contributed by atoms with Gasteiger partial charge in [-0.25, -0.2) is 14.2 Å². The molecule has 200 valence electrons. The lowest BCUT2D eigenvalue weighted by Crippen LogP contribution is -2.30. The molecule has 4 aromatic rings. The Hall–Kier alpha value is -3.78. The second kappa shape index (κ2) is 11.3. The van der Waals surface area contributed by atoms with Gasteiger partial charge in [0, 0.05) is 24.6 Å². The van der Waals surface area contributed by atoms with E-state index in [0.717, 1.165) is 10.7 Å². The predicted molar refractivity (Wildman–Crippen MR) is 137 cm³/mol. The van der Waals surface area contributed by atoms with Crippen molar-refractivity contribution in [1.29, 1.82) is 0 Å². The molecule has 0 radical (unpaired) electrons. The normalized spacial score (nSPS) is 11.5. The Kier molecular flexibility index (Phi) is 8.11. The first-order chi connectivity index (χ1) is 18.1. The summed E-state index contributed by atoms with van der Waals surface area (Å²) >= 11 is 7.77. The molecule has 2 amide bonds. The lowest BCUT2D eigenvalue weighted by Gasteiger charge is -2.16. The number of thioether (sulfide) groups is 1. The molecule has 0 aliphatic carbocycles. The van der Waals surface area contributed by atoms with Crippen LogP contribution in [0.2, 0.25) is 5.02 Å². The largest absolute Gasteiger partial charge is 0.467 e. The smallest absolute Gasteiger partial charge is 0.422 e. The van der Waals surface area contributed by atoms with Crippen LogP contribution in [-0.4, -0.2) is 67.5 Å². The zero-order valence-corrected chi connectivity index (χ0v) is 21.6. The average molecular weight is 568 g/mol. The molecule has 38 heavy (non-hydrogen) atoms. The lowest BCUT2D eigenvalue weighted by molar-refractivity contribution is -0.154. The van der Waals surface area contributed by atoms with Crippen molar-refractivity contribution in [1.82, 2.24) is 29.7 Å². The molecule has 0 atom stereocenters. The van der Waals surface area contributed by atoms with Gasteiger partial charge in [0.05, 0.1) is 22.4 Å². The Morgan fingerprint density at radius 2 is 1.97 bits per heavy atom. The van der Waals surface area contributed by atoms with Crippen molar-refractivity contribution in [3.05, 3.63) is 64.7 Å². The van der Waals surface area contributed by atoms with E-state index < -0.39 is 30.5 Å². The summed E-state index contributed by atoms with van der Waals surface area (Å²) in [6.07, 6.45) is 0.179. The van der Waals surface area contributed by atoms with Crippen LogP contribution in [0.25, 0.3) is 11.3 Å². The summed E-state index contributed by atoms with van der Waals surface area (Å²) in [5.74, 6) is -1.07. The monoisotopic (exact) mass is 567 g/mol. The van der Waals surface area contributed by atoms with E-state index in [1.807, 2.05) is 6.26 Å². The minimum absolute atomic E-state index is 0.00421. The van der Waals surface area contributed by atoms with Gasteiger partial charge >= 0.3 is 6.18 Å². The summed E-state index contributed by atoms with van der Waals surface area (Å²) in [5, 5.41) is 13.8. The lowest BCUT2D eigenvalue weighted by atomic mass is 10.1. The summed E-state index contributed by atoms with van der Waals surface area (Å²) in [4.78, 5) is 30.7. The number of carbonyl (C=O) groups is 2. The van der Waals surface area contributed by atoms with E-state index in [1.165, 1.54) is 23.0 Å². The van der Waals surface area contributed by atoms with Crippen molar-refractivity contribution < 1.29 is 27.5 Å². The Labute approximate surface area is 223 Å². The van der Waals surface area contributed by atoms with Gasteiger partial charge in [-0.2, -0.15) is 30.0 Å². The number of fused-ring (bicyclic) bond motifs is 1. The number of carbonyl (C=O) groups excluding carboxylic acids is 2. The number of nitrogens with zero attached hydrogens (tertiary/aromatic N) is 5. The van der Waals surface area contributed by atoms with Crippen molar-refractivity contribution in [3.63, 3.8) is 0 Å². The molecule has 0 aliphatic rings. The van der Waals surface area contributed by atoms with Crippen LogP contribution >= 0.6 is 23.4 Å². The van der Waals surface area contributed by atoms with Gasteiger partial charge in [0.2, 0.25) is 5.88 Å². The Morgan fingerprint density at radius 1 is 1.18 bits per heavy atom. The van der Waals surface area contributed by atoms with Gasteiger partial charge in [0.25, 0.3) is 11.8 Å². The third-order valence-corrected chi connectivity index (χ3v) is 6.08. The SMILES string of the molecule is CSCCNC(=O)c1c(NC(=O)c2cc(OCC(F)(F)F)nn2-c2ncccc2Cl)c(C)cc2ccnn12. The molecular weight excluding hydrogens is 547 g/mol. The number of amides is 2. The fourth-order valence-electron chi connectivity index (χ4n) is 3.53. The van der Waals surface area contributed by atoms with E-state index in [-0.39, 0.29) is 27.9 Å². The van der Waals surface area contributed by atoms with Gasteiger partial charge in [-0.05, 0) is 43.0 Å². The Bertz CT molecular complexity index is 1490. The number of anilines is 1. The molecule has 0 saturated heterocycles. The number of nitrogens with one attached hydrogen (secondary N) is 2. The number of rotatable bonds is 9. The molecule has 10 nitrogen and oxygen atoms in total. The van der Waals surface area contributed by atoms with Crippen LogP contribution in [0.1, 0.15) is 26.5 Å². The number of hydrogen-bond acceptors (Lipinski definition) is 7. The van der Waals surface area contributed by atoms with Crippen molar-refractivity contribution in [2.75, 3.05) is 30.5 Å². The van der Waals surface area contributed by atoms with Gasteiger partial charge in [-0.15, -0.1) is 5.10 Å². The van der Waals surface area contributed by atoms with Crippen LogP contribution < -0.4 is 15.4 Å². The van der Waals surface area contributed by atoms with Crippen LogP contribution in [0, 0.1) is 6.92 Å². The van der Waals surface area contributed by atoms with Crippen molar-refractivity contribution in [2.45, 2.75) is 13.1 Å². The molecule has 0 unspecified atom stereocenters. The van der Waals surface area contributed by atoms with E-state index in [2.05, 4.69) is 25.8 Å². The molecule has 0 saturated carbocycles. The molecule has 15 heteroatoms. The summed E-state index contributed by atoms with van der Waals surface area (Å²) < 4.78 is 45.3. The zero-order chi connectivity index (χ0) is 27.4. The van der Waals surface area contributed by atoms with E-state index >= 15 is 0 Å². The molecular formula is C23H21ClF3N7O3S. The maximum absolute atomic E-state index is 13.5. The number of hydrogen-bond donors (Lipinski definition) is 2. The summed E-state index contributed by atoms with van der Waals surface area (Å²) in [5.41, 5.74) is 1.19. The second-order valence-corrected chi connectivity index (χ2v) is 9.31. The molecule has 2 N–H and O–H groups in total. The topological polar surface area (TPSA) is 115 Å². The molecule has 0 bridgehead atoms. The van der Waals surface area contributed by atoms with Crippen LogP contribution in [0.15, 0.2) is 42.7 Å². The van der Waals surface area contributed by atoms with E-state index in [1.54, 1.807) is 36.9 Å². The van der Waals surface area contributed by atoms with Gasteiger partial charge in [0.15, 0.2) is 18.1 Å². The fraction of sp³-hybridized carbons (Fsp3) is 0.261. The number of alkyl halides is 3. The highest BCUT2D eigenvalue weighted by molar-refractivity contribution is 7.98. The first kappa shape index (κ1) is 27.3. The van der Waals surface area contributed by atoms with Crippen molar-refractivity contribution in [2.24, 2.45) is 0 Å². The van der Waals surface area contributed by atoms with Crippen LogP contribution in [0.3, 0.4) is 0 Å². The first-order valence-electron chi connectivity index (χ1n) is 11.1. The molecule has 4 heterocycles. The number of halogens is 4. The quantitative estimate of drug-likeness (QED) is 0.292. The second-order valence-electron chi connectivity index (χ2n) is 7.91. The fourth-order valence-corrected chi connectivity index (χ4v) is 4.04. The summed E-state index contributed by atoms with van der Waals surface area (Å²) in [6, 6.07) is 7.49. The zero-order valence-electron chi connectivity index (χ0n) is 20.0. The maximum atomic E-state index is 13.5. The van der Waals surface area contributed by atoms with Gasteiger partial charge in [-0.3, -0.25) is 9.59 Å². The number of pyridine rings is 2. The predicted octanol–water partition coefficient (Wildman–Crippen LogP) is 4.16. The van der Waals surface area contributed by atoms with E-state index in [9.17, 15) is 22.8 Å². The summed E-state index contributed by atoms with van der Waals surface area (Å²) in [6.45, 7) is 0.470. The van der Waals surface area contributed by atoms with Crippen LogP contribution in [-0.2, 0) is 0 Å². The highest BCUT2D eigenvalue weighted by atomic mass is 35.5. The molecule has 0 aromatic carbocycles. The number of aryl methyl sites for hydroxylation is 1. The average Bonchev–Trinajstić information content (AvgIpc) is 3.50. The molecule has 0 spiro atoms. The minimum Gasteiger partial charge on any atom is -0.467 e. The van der Waals surface area contributed by atoms with Gasteiger partial charge in [0.1, 0.15) is 5.69 Å². The van der Waals surface area contributed by atoms with E-state index in [4.69, 9.17) is 16.3 Å². The third kappa shape index (κ3) is 6.02. The van der Waals surface area contributed by atoms with Crippen LogP contribution in [0.4, 0.5) is 18.9 Å². The Balaban J connectivity index is 1.75. The van der Waals surface area contributed by atoms with Crippen molar-refractivity contribution >= 4 is 46.4 Å². The maximum Gasteiger partial charge on any atom is 0.422 e. The molecule has 4 aromatic heterocycles. The van der Waals surface area contributed by atoms with E-state index in [0.29, 0.717) is 23.4 Å². The summed E-state index contributed by atoms with van der Waals surface area (Å²) in [7, 11) is 0. The van der Waals surface area contributed by atoms with Gasteiger partial charge in [-0.1, -0.05) is 11.6 Å². The highest BCUT2D eigenvalue weighted by Crippen LogP contribution is 2.27. The first-order valence-corrected chi connectivity index (χ1v) is 12.8. The molecule has 0 aliphatic heterocycles. The highest BCUT2D eigenvalue weighted by Gasteiger charge is 2.30. The van der Waals surface area contributed by atoms with Crippen molar-refractivity contribution in [3.8, 4) is 11.7 Å². The molecule has 4 rings (SSSR count). The number of ether oxygens (including phenoxy) is 1. The van der Waals surface area contributed by atoms with Crippen LogP contribution in [0.5, 0.6) is 5.88 Å².